The van der Waals surface area contributed by atoms with Crippen molar-refractivity contribution in [1.82, 2.24) is 14.8 Å². The number of benzene rings is 1. The Balaban J connectivity index is 1.42. The molecule has 0 radical (unpaired) electrons. The molecule has 0 bridgehead atoms. The summed E-state index contributed by atoms with van der Waals surface area (Å²) in [6.07, 6.45) is 2.82. The molecule has 0 unspecified atom stereocenters. The first-order chi connectivity index (χ1) is 12.5. The van der Waals surface area contributed by atoms with Crippen LogP contribution in [0, 0.1) is 11.8 Å². The van der Waals surface area contributed by atoms with E-state index in [4.69, 9.17) is 0 Å². The summed E-state index contributed by atoms with van der Waals surface area (Å²) in [5, 5.41) is 14.3. The second kappa shape index (κ2) is 6.76. The maximum Gasteiger partial charge on any atom is 0.242 e. The second-order valence-corrected chi connectivity index (χ2v) is 7.67. The molecule has 1 aromatic carbocycles. The molecule has 1 aliphatic carbocycles. The predicted octanol–water partition coefficient (Wildman–Crippen LogP) is 1.38. The van der Waals surface area contributed by atoms with Crippen molar-refractivity contribution in [2.75, 3.05) is 13.1 Å². The number of aliphatic hydroxyl groups is 1. The number of fused-ring (bicyclic) bond motifs is 2. The number of para-hydroxylation sites is 1. The fourth-order valence-electron chi connectivity index (χ4n) is 4.57. The second-order valence-electron chi connectivity index (χ2n) is 7.67. The van der Waals surface area contributed by atoms with Gasteiger partial charge in [-0.15, -0.1) is 0 Å². The van der Waals surface area contributed by atoms with E-state index < -0.39 is 6.10 Å². The van der Waals surface area contributed by atoms with Crippen molar-refractivity contribution in [2.45, 2.75) is 38.5 Å². The monoisotopic (exact) mass is 355 g/mol. The fourth-order valence-corrected chi connectivity index (χ4v) is 4.57. The summed E-state index contributed by atoms with van der Waals surface area (Å²) in [6.45, 7) is 3.23. The number of carbonyl (C=O) groups excluding carboxylic acids is 2. The van der Waals surface area contributed by atoms with Crippen molar-refractivity contribution in [3.8, 4) is 0 Å². The van der Waals surface area contributed by atoms with E-state index in [9.17, 15) is 14.7 Å². The molecule has 1 saturated carbocycles. The molecule has 4 rings (SSSR count). The van der Waals surface area contributed by atoms with Crippen LogP contribution in [0.15, 0.2) is 36.5 Å². The molecule has 4 atom stereocenters. The van der Waals surface area contributed by atoms with E-state index in [0.717, 1.165) is 17.3 Å². The Kier molecular flexibility index (Phi) is 4.44. The molecule has 2 N–H and O–H groups in total. The molecule has 2 amide bonds. The lowest BCUT2D eigenvalue weighted by atomic mass is 9.77. The molecular weight excluding hydrogens is 330 g/mol. The highest BCUT2D eigenvalue weighted by atomic mass is 16.3. The standard InChI is InChI=1S/C20H25N3O3/c1-13(24)21-17-8-15-10-23(11-16(15)9-19(17)25)20(26)12-22-7-6-14-4-2-3-5-18(14)22/h2-7,15-17,19,25H,8-12H2,1H3,(H,21,24)/t15-,16+,17-,19-/m1/s1. The van der Waals surface area contributed by atoms with Crippen LogP contribution in [-0.4, -0.2) is 51.6 Å². The average molecular weight is 355 g/mol. The van der Waals surface area contributed by atoms with E-state index in [-0.39, 0.29) is 17.9 Å². The number of nitrogens with zero attached hydrogens (tertiary/aromatic N) is 2. The van der Waals surface area contributed by atoms with E-state index >= 15 is 0 Å². The molecule has 2 aromatic rings. The first kappa shape index (κ1) is 17.1. The Labute approximate surface area is 152 Å². The quantitative estimate of drug-likeness (QED) is 0.873. The fraction of sp³-hybridized carbons (Fsp3) is 0.500. The summed E-state index contributed by atoms with van der Waals surface area (Å²) < 4.78 is 1.99. The van der Waals surface area contributed by atoms with Crippen molar-refractivity contribution in [3.05, 3.63) is 36.5 Å². The summed E-state index contributed by atoms with van der Waals surface area (Å²) in [5.74, 6) is 0.671. The number of hydrogen-bond donors (Lipinski definition) is 2. The molecule has 2 fully saturated rings. The SMILES string of the molecule is CC(=O)N[C@@H]1C[C@@H]2CN(C(=O)Cn3ccc4ccccc43)C[C@@H]2C[C@H]1O. The Morgan fingerprint density at radius 3 is 2.65 bits per heavy atom. The molecule has 138 valence electrons. The summed E-state index contributed by atoms with van der Waals surface area (Å²) in [4.78, 5) is 26.1. The van der Waals surface area contributed by atoms with Crippen molar-refractivity contribution in [1.29, 1.82) is 0 Å². The van der Waals surface area contributed by atoms with Gasteiger partial charge in [0, 0.05) is 31.7 Å². The highest BCUT2D eigenvalue weighted by Gasteiger charge is 2.43. The highest BCUT2D eigenvalue weighted by molar-refractivity contribution is 5.83. The summed E-state index contributed by atoms with van der Waals surface area (Å²) in [7, 11) is 0. The van der Waals surface area contributed by atoms with Crippen LogP contribution in [0.1, 0.15) is 19.8 Å². The predicted molar refractivity (Wildman–Crippen MR) is 98.3 cm³/mol. The van der Waals surface area contributed by atoms with Gasteiger partial charge in [-0.05, 0) is 42.2 Å². The van der Waals surface area contributed by atoms with Crippen LogP contribution in [0.25, 0.3) is 10.9 Å². The first-order valence-electron chi connectivity index (χ1n) is 9.28. The van der Waals surface area contributed by atoms with Crippen molar-refractivity contribution in [3.63, 3.8) is 0 Å². The lowest BCUT2D eigenvalue weighted by molar-refractivity contribution is -0.131. The van der Waals surface area contributed by atoms with Crippen molar-refractivity contribution >= 4 is 22.7 Å². The number of hydrogen-bond acceptors (Lipinski definition) is 3. The summed E-state index contributed by atoms with van der Waals surface area (Å²) in [5.41, 5.74) is 1.07. The summed E-state index contributed by atoms with van der Waals surface area (Å²) >= 11 is 0. The Morgan fingerprint density at radius 1 is 1.15 bits per heavy atom. The van der Waals surface area contributed by atoms with Crippen LogP contribution >= 0.6 is 0 Å². The molecule has 0 spiro atoms. The van der Waals surface area contributed by atoms with Gasteiger partial charge in [-0.3, -0.25) is 9.59 Å². The molecule has 2 aliphatic rings. The molecule has 1 aliphatic heterocycles. The van der Waals surface area contributed by atoms with Gasteiger partial charge >= 0.3 is 0 Å². The topological polar surface area (TPSA) is 74.6 Å². The van der Waals surface area contributed by atoms with Gasteiger partial charge in [-0.2, -0.15) is 0 Å². The minimum absolute atomic E-state index is 0.113. The third kappa shape index (κ3) is 3.21. The van der Waals surface area contributed by atoms with Crippen LogP contribution < -0.4 is 5.32 Å². The third-order valence-corrected chi connectivity index (χ3v) is 5.87. The van der Waals surface area contributed by atoms with Crippen LogP contribution in [0.4, 0.5) is 0 Å². The number of aliphatic hydroxyl groups excluding tert-OH is 1. The molecule has 1 aromatic heterocycles. The van der Waals surface area contributed by atoms with Crippen molar-refractivity contribution < 1.29 is 14.7 Å². The third-order valence-electron chi connectivity index (χ3n) is 5.87. The van der Waals surface area contributed by atoms with E-state index in [1.807, 2.05) is 46.0 Å². The number of aromatic nitrogens is 1. The van der Waals surface area contributed by atoms with Crippen molar-refractivity contribution in [2.24, 2.45) is 11.8 Å². The Morgan fingerprint density at radius 2 is 1.88 bits per heavy atom. The highest BCUT2D eigenvalue weighted by Crippen LogP contribution is 2.36. The van der Waals surface area contributed by atoms with Gasteiger partial charge in [0.05, 0.1) is 12.1 Å². The van der Waals surface area contributed by atoms with Crippen LogP contribution in [0.5, 0.6) is 0 Å². The van der Waals surface area contributed by atoms with E-state index in [0.29, 0.717) is 37.9 Å². The van der Waals surface area contributed by atoms with Crippen LogP contribution in [-0.2, 0) is 16.1 Å². The largest absolute Gasteiger partial charge is 0.391 e. The number of carbonyl (C=O) groups is 2. The van der Waals surface area contributed by atoms with Gasteiger partial charge in [0.15, 0.2) is 0 Å². The minimum Gasteiger partial charge on any atom is -0.391 e. The lowest BCUT2D eigenvalue weighted by Gasteiger charge is -2.35. The van der Waals surface area contributed by atoms with E-state index in [1.165, 1.54) is 6.92 Å². The van der Waals surface area contributed by atoms with E-state index in [1.54, 1.807) is 0 Å². The first-order valence-corrected chi connectivity index (χ1v) is 9.28. The Hall–Kier alpha value is -2.34. The summed E-state index contributed by atoms with van der Waals surface area (Å²) in [6, 6.07) is 9.89. The molecule has 1 saturated heterocycles. The lowest BCUT2D eigenvalue weighted by Crippen LogP contribution is -2.48. The van der Waals surface area contributed by atoms with Gasteiger partial charge in [-0.25, -0.2) is 0 Å². The molecule has 26 heavy (non-hydrogen) atoms. The van der Waals surface area contributed by atoms with Gasteiger partial charge in [-0.1, -0.05) is 18.2 Å². The van der Waals surface area contributed by atoms with Gasteiger partial charge < -0.3 is 19.9 Å². The minimum atomic E-state index is -0.524. The average Bonchev–Trinajstić information content (AvgIpc) is 3.19. The number of amides is 2. The van der Waals surface area contributed by atoms with E-state index in [2.05, 4.69) is 5.32 Å². The molecule has 2 heterocycles. The zero-order valence-electron chi connectivity index (χ0n) is 15.0. The number of nitrogens with one attached hydrogen (secondary N) is 1. The molecule has 6 heteroatoms. The maximum atomic E-state index is 12.8. The normalized spacial score (nSPS) is 28.2. The number of likely N-dealkylation sites (tertiary alicyclic amines) is 1. The zero-order chi connectivity index (χ0) is 18.3. The maximum absolute atomic E-state index is 12.8. The van der Waals surface area contributed by atoms with Crippen LogP contribution in [0.3, 0.4) is 0 Å². The Bertz CT molecular complexity index is 831. The van der Waals surface area contributed by atoms with Gasteiger partial charge in [0.25, 0.3) is 0 Å². The molecular formula is C20H25N3O3. The zero-order valence-corrected chi connectivity index (χ0v) is 15.0. The van der Waals surface area contributed by atoms with Crippen LogP contribution in [0.2, 0.25) is 0 Å². The van der Waals surface area contributed by atoms with Gasteiger partial charge in [0.2, 0.25) is 11.8 Å². The van der Waals surface area contributed by atoms with Gasteiger partial charge in [0.1, 0.15) is 6.54 Å². The number of rotatable bonds is 3. The molecule has 6 nitrogen and oxygen atoms in total. The smallest absolute Gasteiger partial charge is 0.242 e.